The first kappa shape index (κ1) is 27.6. The molecule has 5 rings (SSSR count). The normalized spacial score (nSPS) is 43.1. The molecule has 0 saturated heterocycles. The highest BCUT2D eigenvalue weighted by atomic mass is 19.3. The molecule has 0 heterocycles. The van der Waals surface area contributed by atoms with E-state index in [1.54, 1.807) is 18.1 Å². The first-order chi connectivity index (χ1) is 16.8. The monoisotopic (exact) mass is 491 g/mol. The van der Waals surface area contributed by atoms with Crippen LogP contribution in [0.25, 0.3) is 0 Å². The fraction of sp³-hybridized carbons (Fsp3) is 0.938. The Morgan fingerprint density at radius 2 is 1.71 bits per heavy atom. The Morgan fingerprint density at radius 3 is 2.46 bits per heavy atom. The Labute approximate surface area is 215 Å². The third-order valence-corrected chi connectivity index (χ3v) is 12.0. The lowest BCUT2D eigenvalue weighted by Gasteiger charge is -2.60. The van der Waals surface area contributed by atoms with Gasteiger partial charge in [0.05, 0.1) is 6.04 Å². The summed E-state index contributed by atoms with van der Waals surface area (Å²) >= 11 is 0. The summed E-state index contributed by atoms with van der Waals surface area (Å²) in [6.45, 7) is 14.2. The molecule has 4 fully saturated rings. The number of nitrogens with one attached hydrogen (secondary N) is 1. The molecule has 0 aromatic rings. The van der Waals surface area contributed by atoms with Gasteiger partial charge in [-0.3, -0.25) is 0 Å². The summed E-state index contributed by atoms with van der Waals surface area (Å²) in [7, 11) is 0. The number of unbranched alkanes of at least 4 members (excludes halogenated alkanes) is 1. The topological polar surface area (TPSA) is 12.0 Å². The molecule has 0 radical (unpaired) electrons. The van der Waals surface area contributed by atoms with E-state index in [1.165, 1.54) is 70.6 Å². The summed E-state index contributed by atoms with van der Waals surface area (Å²) in [5.41, 5.74) is 4.65. The van der Waals surface area contributed by atoms with E-state index in [-0.39, 0.29) is 0 Å². The second-order valence-corrected chi connectivity index (χ2v) is 13.4. The highest BCUT2D eigenvalue weighted by Gasteiger charge is 2.63. The molecule has 0 aliphatic heterocycles. The van der Waals surface area contributed by atoms with Crippen LogP contribution in [-0.4, -0.2) is 19.0 Å². The fourth-order valence-electron chi connectivity index (χ4n) is 10.4. The number of rotatable bonds is 7. The van der Waals surface area contributed by atoms with Gasteiger partial charge in [0.1, 0.15) is 0 Å². The van der Waals surface area contributed by atoms with Gasteiger partial charge in [0.15, 0.2) is 0 Å². The Hall–Kier alpha value is -0.440. The lowest BCUT2D eigenvalue weighted by molar-refractivity contribution is -0.108. The van der Waals surface area contributed by atoms with Gasteiger partial charge in [-0.05, 0) is 137 Å². The second kappa shape index (κ2) is 11.1. The van der Waals surface area contributed by atoms with Crippen LogP contribution in [0, 0.1) is 46.3 Å². The van der Waals surface area contributed by atoms with Crippen molar-refractivity contribution >= 4 is 0 Å². The molecule has 1 nitrogen and oxygen atoms in total. The average Bonchev–Trinajstić information content (AvgIpc) is 3.32. The molecule has 0 amide bonds. The average molecular weight is 492 g/mol. The predicted molar refractivity (Wildman–Crippen MR) is 145 cm³/mol. The zero-order valence-corrected chi connectivity index (χ0v) is 23.8. The summed E-state index contributed by atoms with van der Waals surface area (Å²) in [5.74, 6) is 5.69. The van der Waals surface area contributed by atoms with Gasteiger partial charge in [-0.15, -0.1) is 0 Å². The van der Waals surface area contributed by atoms with Crippen molar-refractivity contribution in [3.8, 4) is 0 Å². The van der Waals surface area contributed by atoms with Crippen molar-refractivity contribution in [2.24, 2.45) is 46.3 Å². The van der Waals surface area contributed by atoms with Crippen molar-refractivity contribution in [1.29, 1.82) is 0 Å². The number of halogens is 2. The highest BCUT2D eigenvalue weighted by molar-refractivity contribution is 5.30. The molecular weight excluding hydrogens is 436 g/mol. The lowest BCUT2D eigenvalue weighted by Crippen LogP contribution is -2.52. The van der Waals surface area contributed by atoms with Gasteiger partial charge in [0.2, 0.25) is 0 Å². The molecule has 202 valence electrons. The summed E-state index contributed by atoms with van der Waals surface area (Å²) < 4.78 is 25.3. The zero-order valence-electron chi connectivity index (χ0n) is 23.8. The molecule has 0 spiro atoms. The molecule has 9 unspecified atom stereocenters. The third-order valence-electron chi connectivity index (χ3n) is 12.0. The van der Waals surface area contributed by atoms with Crippen LogP contribution in [0.2, 0.25) is 0 Å². The maximum absolute atomic E-state index is 12.7. The van der Waals surface area contributed by atoms with Crippen LogP contribution >= 0.6 is 0 Å². The minimum Gasteiger partial charge on any atom is -0.309 e. The number of hydrogen-bond donors (Lipinski definition) is 1. The van der Waals surface area contributed by atoms with Gasteiger partial charge in [-0.2, -0.15) is 0 Å². The maximum Gasteiger partial charge on any atom is 0.253 e. The number of alkyl halides is 2. The van der Waals surface area contributed by atoms with Crippen molar-refractivity contribution in [3.63, 3.8) is 0 Å². The van der Waals surface area contributed by atoms with E-state index in [4.69, 9.17) is 0 Å². The largest absolute Gasteiger partial charge is 0.309 e. The Balaban J connectivity index is 0.00000141. The van der Waals surface area contributed by atoms with E-state index in [9.17, 15) is 8.78 Å². The van der Waals surface area contributed by atoms with Gasteiger partial charge in [0.25, 0.3) is 6.43 Å². The van der Waals surface area contributed by atoms with Crippen LogP contribution < -0.4 is 5.32 Å². The second-order valence-electron chi connectivity index (χ2n) is 13.4. The van der Waals surface area contributed by atoms with Gasteiger partial charge >= 0.3 is 0 Å². The Morgan fingerprint density at radius 1 is 0.943 bits per heavy atom. The Bertz CT molecular complexity index is 746. The molecule has 1 N–H and O–H groups in total. The highest BCUT2D eigenvalue weighted by Crippen LogP contribution is 2.71. The molecule has 5 aliphatic carbocycles. The SMILES string of the molecule is CC.CC1=C(CCCCNC(C)C(F)F)CC2CC3C4CCC5CCCCC5(C)C4CCC3(C)C12. The van der Waals surface area contributed by atoms with Crippen molar-refractivity contribution in [1.82, 2.24) is 5.32 Å². The molecule has 35 heavy (non-hydrogen) atoms. The minimum absolute atomic E-state index is 0.532. The minimum atomic E-state index is -2.26. The summed E-state index contributed by atoms with van der Waals surface area (Å²) in [6, 6.07) is -0.685. The van der Waals surface area contributed by atoms with Crippen molar-refractivity contribution in [3.05, 3.63) is 11.1 Å². The first-order valence-corrected chi connectivity index (χ1v) is 15.5. The van der Waals surface area contributed by atoms with Gasteiger partial charge in [-0.1, -0.05) is 51.7 Å². The van der Waals surface area contributed by atoms with E-state index in [2.05, 4.69) is 26.1 Å². The number of hydrogen-bond acceptors (Lipinski definition) is 1. The van der Waals surface area contributed by atoms with E-state index in [1.807, 2.05) is 13.8 Å². The lowest BCUT2D eigenvalue weighted by atomic mass is 9.44. The maximum atomic E-state index is 12.7. The van der Waals surface area contributed by atoms with Crippen molar-refractivity contribution in [2.75, 3.05) is 6.54 Å². The number of allylic oxidation sites excluding steroid dienone is 2. The van der Waals surface area contributed by atoms with E-state index in [0.29, 0.717) is 17.4 Å². The molecule has 4 saturated carbocycles. The first-order valence-electron chi connectivity index (χ1n) is 15.5. The molecule has 0 aromatic carbocycles. The molecule has 9 atom stereocenters. The van der Waals surface area contributed by atoms with Crippen LogP contribution in [0.15, 0.2) is 11.1 Å². The van der Waals surface area contributed by atoms with Gasteiger partial charge in [0, 0.05) is 0 Å². The van der Waals surface area contributed by atoms with E-state index in [0.717, 1.165) is 48.3 Å². The quantitative estimate of drug-likeness (QED) is 0.276. The smallest absolute Gasteiger partial charge is 0.253 e. The molecular formula is C32H55F2N. The molecule has 3 heteroatoms. The van der Waals surface area contributed by atoms with Crippen LogP contribution in [0.3, 0.4) is 0 Å². The van der Waals surface area contributed by atoms with Gasteiger partial charge < -0.3 is 5.32 Å². The third kappa shape index (κ3) is 4.90. The van der Waals surface area contributed by atoms with Crippen molar-refractivity contribution < 1.29 is 8.78 Å². The summed E-state index contributed by atoms with van der Waals surface area (Å²) in [4.78, 5) is 0. The van der Waals surface area contributed by atoms with Crippen LogP contribution in [-0.2, 0) is 0 Å². The number of fused-ring (bicyclic) bond motifs is 7. The molecule has 0 aromatic heterocycles. The van der Waals surface area contributed by atoms with Crippen molar-refractivity contribution in [2.45, 2.75) is 137 Å². The molecule has 0 bridgehead atoms. The van der Waals surface area contributed by atoms with Crippen LogP contribution in [0.5, 0.6) is 0 Å². The fourth-order valence-corrected chi connectivity index (χ4v) is 10.4. The van der Waals surface area contributed by atoms with Gasteiger partial charge in [-0.25, -0.2) is 8.78 Å². The molecule has 5 aliphatic rings. The standard InChI is InChI=1S/C30H49F2N.C2H6/c1-19-21(9-6-8-16-33-20(2)28(31)32)17-22-18-26-24-12-11-23-10-5-7-14-29(23,3)25(24)13-15-30(26,4)27(19)22;1-2/h20,22-28,33H,5-18H2,1-4H3;1-2H3. The van der Waals surface area contributed by atoms with Crippen LogP contribution in [0.1, 0.15) is 125 Å². The summed E-state index contributed by atoms with van der Waals surface area (Å²) in [5, 5.41) is 2.98. The van der Waals surface area contributed by atoms with Crippen LogP contribution in [0.4, 0.5) is 8.78 Å². The summed E-state index contributed by atoms with van der Waals surface area (Å²) in [6.07, 6.45) is 15.8. The predicted octanol–water partition coefficient (Wildman–Crippen LogP) is 9.42. The Kier molecular flexibility index (Phi) is 8.77. The van der Waals surface area contributed by atoms with E-state index >= 15 is 0 Å². The van der Waals surface area contributed by atoms with E-state index < -0.39 is 12.5 Å². The zero-order chi connectivity index (χ0) is 25.4.